The summed E-state index contributed by atoms with van der Waals surface area (Å²) in [6, 6.07) is 21.9. The van der Waals surface area contributed by atoms with Crippen LogP contribution in [0.15, 0.2) is 72.8 Å². The average Bonchev–Trinajstić information content (AvgIpc) is 2.85. The van der Waals surface area contributed by atoms with Crippen LogP contribution in [0.5, 0.6) is 0 Å². The monoisotopic (exact) mass is 445 g/mol. The van der Waals surface area contributed by atoms with Crippen LogP contribution in [0.3, 0.4) is 0 Å². The van der Waals surface area contributed by atoms with Crippen LogP contribution in [0, 0.1) is 6.92 Å². The fourth-order valence-corrected chi connectivity index (χ4v) is 3.51. The fourth-order valence-electron chi connectivity index (χ4n) is 3.51. The molecule has 33 heavy (non-hydrogen) atoms. The lowest BCUT2D eigenvalue weighted by atomic mass is 10.1. The van der Waals surface area contributed by atoms with Crippen LogP contribution in [0.25, 0.3) is 0 Å². The summed E-state index contributed by atoms with van der Waals surface area (Å²) in [7, 11) is 1.76. The number of anilines is 1. The van der Waals surface area contributed by atoms with Gasteiger partial charge in [-0.2, -0.15) is 0 Å². The Morgan fingerprint density at radius 3 is 2.30 bits per heavy atom. The molecule has 0 aliphatic carbocycles. The standard InChI is InChI=1S/C26H27N3O4/c1-19-8-13-23(26(32)28(2)15-14-20-6-4-3-5-7-20)24(16-19)29(18-30)17-21-9-11-22(12-10-21)25(31)27-33/h3-13,16,18,33H,14-15,17H2,1-2H3,(H,27,31). The van der Waals surface area contributed by atoms with Crippen molar-refractivity contribution in [2.45, 2.75) is 19.9 Å². The Hall–Kier alpha value is -3.97. The number of hydroxylamine groups is 1. The molecule has 0 spiro atoms. The van der Waals surface area contributed by atoms with Gasteiger partial charge in [-0.3, -0.25) is 19.6 Å². The maximum atomic E-state index is 13.2. The molecular formula is C26H27N3O4. The summed E-state index contributed by atoms with van der Waals surface area (Å²) in [6.45, 7) is 2.68. The van der Waals surface area contributed by atoms with Crippen molar-refractivity contribution in [1.82, 2.24) is 10.4 Å². The number of hydrogen-bond donors (Lipinski definition) is 2. The molecule has 0 radical (unpaired) electrons. The number of nitrogens with one attached hydrogen (secondary N) is 1. The third-order valence-corrected chi connectivity index (χ3v) is 5.42. The number of carbonyl (C=O) groups excluding carboxylic acids is 3. The normalized spacial score (nSPS) is 10.4. The first-order valence-corrected chi connectivity index (χ1v) is 10.6. The zero-order valence-corrected chi connectivity index (χ0v) is 18.7. The van der Waals surface area contributed by atoms with Crippen LogP contribution >= 0.6 is 0 Å². The first kappa shape index (κ1) is 23.7. The number of hydrogen-bond acceptors (Lipinski definition) is 4. The van der Waals surface area contributed by atoms with Crippen molar-refractivity contribution in [2.75, 3.05) is 18.5 Å². The van der Waals surface area contributed by atoms with Gasteiger partial charge in [0.15, 0.2) is 0 Å². The lowest BCUT2D eigenvalue weighted by Gasteiger charge is -2.24. The van der Waals surface area contributed by atoms with Crippen molar-refractivity contribution in [3.63, 3.8) is 0 Å². The lowest BCUT2D eigenvalue weighted by molar-refractivity contribution is -0.107. The summed E-state index contributed by atoms with van der Waals surface area (Å²) in [5.74, 6) is -0.776. The first-order valence-electron chi connectivity index (χ1n) is 10.6. The second-order valence-electron chi connectivity index (χ2n) is 7.85. The minimum atomic E-state index is -0.612. The highest BCUT2D eigenvalue weighted by atomic mass is 16.5. The molecule has 0 heterocycles. The van der Waals surface area contributed by atoms with Gasteiger partial charge in [-0.1, -0.05) is 48.5 Å². The third kappa shape index (κ3) is 6.05. The van der Waals surface area contributed by atoms with Crippen molar-refractivity contribution in [2.24, 2.45) is 0 Å². The number of rotatable bonds is 9. The fraction of sp³-hybridized carbons (Fsp3) is 0.192. The molecule has 0 bridgehead atoms. The van der Waals surface area contributed by atoms with Crippen molar-refractivity contribution in [3.8, 4) is 0 Å². The predicted molar refractivity (Wildman–Crippen MR) is 126 cm³/mol. The van der Waals surface area contributed by atoms with E-state index in [1.807, 2.05) is 49.4 Å². The van der Waals surface area contributed by atoms with Gasteiger partial charge in [-0.15, -0.1) is 0 Å². The number of carbonyl (C=O) groups is 3. The van der Waals surface area contributed by atoms with Gasteiger partial charge < -0.3 is 9.80 Å². The molecule has 7 nitrogen and oxygen atoms in total. The Morgan fingerprint density at radius 2 is 1.67 bits per heavy atom. The third-order valence-electron chi connectivity index (χ3n) is 5.42. The van der Waals surface area contributed by atoms with Gasteiger partial charge >= 0.3 is 0 Å². The lowest BCUT2D eigenvalue weighted by Crippen LogP contribution is -2.31. The minimum absolute atomic E-state index is 0.164. The molecule has 0 saturated carbocycles. The summed E-state index contributed by atoms with van der Waals surface area (Å²) in [4.78, 5) is 39.9. The van der Waals surface area contributed by atoms with Crippen LogP contribution in [0.1, 0.15) is 37.4 Å². The minimum Gasteiger partial charge on any atom is -0.341 e. The van der Waals surface area contributed by atoms with E-state index in [0.717, 1.165) is 23.1 Å². The number of nitrogens with zero attached hydrogens (tertiary/aromatic N) is 2. The largest absolute Gasteiger partial charge is 0.341 e. The molecule has 3 aromatic carbocycles. The molecule has 7 heteroatoms. The van der Waals surface area contributed by atoms with Crippen LogP contribution in [-0.4, -0.2) is 41.9 Å². The van der Waals surface area contributed by atoms with E-state index in [0.29, 0.717) is 29.8 Å². The van der Waals surface area contributed by atoms with Crippen LogP contribution < -0.4 is 10.4 Å². The molecule has 0 atom stereocenters. The molecule has 3 rings (SSSR count). The average molecular weight is 446 g/mol. The van der Waals surface area contributed by atoms with E-state index in [1.54, 1.807) is 47.8 Å². The number of amides is 3. The summed E-state index contributed by atoms with van der Waals surface area (Å²) >= 11 is 0. The van der Waals surface area contributed by atoms with Crippen LogP contribution in [0.2, 0.25) is 0 Å². The summed E-state index contributed by atoms with van der Waals surface area (Å²) in [5.41, 5.74) is 5.70. The highest BCUT2D eigenvalue weighted by Crippen LogP contribution is 2.25. The highest BCUT2D eigenvalue weighted by Gasteiger charge is 2.20. The maximum Gasteiger partial charge on any atom is 0.274 e. The zero-order chi connectivity index (χ0) is 23.8. The van der Waals surface area contributed by atoms with E-state index >= 15 is 0 Å². The molecular weight excluding hydrogens is 418 g/mol. The molecule has 0 fully saturated rings. The Labute approximate surface area is 193 Å². The molecule has 0 aliphatic rings. The predicted octanol–water partition coefficient (Wildman–Crippen LogP) is 3.59. The smallest absolute Gasteiger partial charge is 0.274 e. The van der Waals surface area contributed by atoms with Crippen molar-refractivity contribution in [3.05, 3.63) is 101 Å². The first-order chi connectivity index (χ1) is 15.9. The van der Waals surface area contributed by atoms with E-state index in [9.17, 15) is 14.4 Å². The van der Waals surface area contributed by atoms with Gasteiger partial charge in [0.05, 0.1) is 17.8 Å². The van der Waals surface area contributed by atoms with Crippen molar-refractivity contribution in [1.29, 1.82) is 0 Å². The van der Waals surface area contributed by atoms with E-state index in [2.05, 4.69) is 0 Å². The zero-order valence-electron chi connectivity index (χ0n) is 18.7. The molecule has 0 aliphatic heterocycles. The van der Waals surface area contributed by atoms with Gasteiger partial charge in [-0.25, -0.2) is 5.48 Å². The second kappa shape index (κ2) is 11.1. The number of aryl methyl sites for hydroxylation is 1. The van der Waals surface area contributed by atoms with E-state index < -0.39 is 5.91 Å². The second-order valence-corrected chi connectivity index (χ2v) is 7.85. The van der Waals surface area contributed by atoms with Crippen molar-refractivity contribution < 1.29 is 19.6 Å². The highest BCUT2D eigenvalue weighted by molar-refractivity contribution is 6.02. The molecule has 170 valence electrons. The summed E-state index contributed by atoms with van der Waals surface area (Å²) in [6.07, 6.45) is 1.43. The quantitative estimate of drug-likeness (QED) is 0.299. The summed E-state index contributed by atoms with van der Waals surface area (Å²) in [5, 5.41) is 8.76. The molecule has 3 aromatic rings. The van der Waals surface area contributed by atoms with Gasteiger partial charge in [0.25, 0.3) is 11.8 Å². The van der Waals surface area contributed by atoms with Crippen LogP contribution in [0.4, 0.5) is 5.69 Å². The Morgan fingerprint density at radius 1 is 0.970 bits per heavy atom. The number of benzene rings is 3. The SMILES string of the molecule is Cc1ccc(C(=O)N(C)CCc2ccccc2)c(N(C=O)Cc2ccc(C(=O)NO)cc2)c1. The summed E-state index contributed by atoms with van der Waals surface area (Å²) < 4.78 is 0. The van der Waals surface area contributed by atoms with Gasteiger partial charge in [0.2, 0.25) is 6.41 Å². The number of likely N-dealkylation sites (N-methyl/N-ethyl adjacent to an activating group) is 1. The molecule has 0 aromatic heterocycles. The van der Waals surface area contributed by atoms with Gasteiger partial charge in [0.1, 0.15) is 0 Å². The van der Waals surface area contributed by atoms with E-state index in [1.165, 1.54) is 4.90 Å². The Kier molecular flexibility index (Phi) is 7.94. The topological polar surface area (TPSA) is 90.0 Å². The van der Waals surface area contributed by atoms with Crippen molar-refractivity contribution >= 4 is 23.9 Å². The van der Waals surface area contributed by atoms with E-state index in [4.69, 9.17) is 5.21 Å². The molecule has 0 unspecified atom stereocenters. The Balaban J connectivity index is 1.80. The van der Waals surface area contributed by atoms with Gasteiger partial charge in [0, 0.05) is 19.2 Å². The molecule has 2 N–H and O–H groups in total. The Bertz CT molecular complexity index is 1110. The van der Waals surface area contributed by atoms with Crippen LogP contribution in [-0.2, 0) is 17.8 Å². The maximum absolute atomic E-state index is 13.2. The van der Waals surface area contributed by atoms with Gasteiger partial charge in [-0.05, 0) is 54.3 Å². The van der Waals surface area contributed by atoms with E-state index in [-0.39, 0.29) is 12.5 Å². The molecule has 3 amide bonds. The molecule has 0 saturated heterocycles.